The van der Waals surface area contributed by atoms with Crippen molar-refractivity contribution in [3.05, 3.63) is 35.9 Å². The molecule has 0 saturated heterocycles. The lowest BCUT2D eigenvalue weighted by atomic mass is 9.87. The van der Waals surface area contributed by atoms with E-state index in [0.717, 1.165) is 17.4 Å². The second-order valence-electron chi connectivity index (χ2n) is 6.39. The Morgan fingerprint density at radius 2 is 2.04 bits per heavy atom. The first kappa shape index (κ1) is 21.4. The first-order valence-corrected chi connectivity index (χ1v) is 10.0. The maximum absolute atomic E-state index is 12.1. The van der Waals surface area contributed by atoms with Gasteiger partial charge in [0.05, 0.1) is 0 Å². The van der Waals surface area contributed by atoms with E-state index in [1.165, 1.54) is 25.7 Å². The number of nitrogens with zero attached hydrogens (tertiary/aromatic N) is 1. The van der Waals surface area contributed by atoms with Crippen LogP contribution in [0.15, 0.2) is 35.3 Å². The standard InChI is InChI=1S/C18H29N3OS.HI/c1-15-7-6-10-17(13-15)21-18(19-2)20-11-12-23(22)14-16-8-4-3-5-9-16;/h3-5,8-9,15,17H,6-7,10-14H2,1-2H3,(H2,19,20,21);1H. The van der Waals surface area contributed by atoms with E-state index in [2.05, 4.69) is 22.5 Å². The zero-order chi connectivity index (χ0) is 16.5. The van der Waals surface area contributed by atoms with Crippen molar-refractivity contribution in [3.8, 4) is 0 Å². The van der Waals surface area contributed by atoms with Gasteiger partial charge in [0.2, 0.25) is 0 Å². The smallest absolute Gasteiger partial charge is 0.191 e. The summed E-state index contributed by atoms with van der Waals surface area (Å²) < 4.78 is 12.1. The van der Waals surface area contributed by atoms with Crippen LogP contribution < -0.4 is 10.6 Å². The van der Waals surface area contributed by atoms with Crippen molar-refractivity contribution in [3.63, 3.8) is 0 Å². The average Bonchev–Trinajstić information content (AvgIpc) is 2.55. The van der Waals surface area contributed by atoms with Crippen LogP contribution in [-0.2, 0) is 16.6 Å². The Hall–Kier alpha value is -0.630. The van der Waals surface area contributed by atoms with Crippen molar-refractivity contribution in [1.29, 1.82) is 0 Å². The van der Waals surface area contributed by atoms with E-state index >= 15 is 0 Å². The lowest BCUT2D eigenvalue weighted by Crippen LogP contribution is -2.46. The van der Waals surface area contributed by atoms with Crippen molar-refractivity contribution >= 4 is 40.7 Å². The third-order valence-electron chi connectivity index (χ3n) is 4.29. The number of rotatable bonds is 6. The molecule has 1 fully saturated rings. The summed E-state index contributed by atoms with van der Waals surface area (Å²) in [5, 5.41) is 6.79. The highest BCUT2D eigenvalue weighted by Gasteiger charge is 2.19. The van der Waals surface area contributed by atoms with Crippen molar-refractivity contribution in [2.45, 2.75) is 44.4 Å². The largest absolute Gasteiger partial charge is 0.355 e. The highest BCUT2D eigenvalue weighted by atomic mass is 127. The summed E-state index contributed by atoms with van der Waals surface area (Å²) >= 11 is 0. The first-order valence-electron chi connectivity index (χ1n) is 8.53. The Morgan fingerprint density at radius 1 is 1.29 bits per heavy atom. The van der Waals surface area contributed by atoms with Gasteiger partial charge in [0.25, 0.3) is 0 Å². The number of hydrogen-bond donors (Lipinski definition) is 2. The predicted molar refractivity (Wildman–Crippen MR) is 114 cm³/mol. The highest BCUT2D eigenvalue weighted by molar-refractivity contribution is 14.0. The Morgan fingerprint density at radius 3 is 2.71 bits per heavy atom. The molecule has 0 heterocycles. The van der Waals surface area contributed by atoms with Gasteiger partial charge in [-0.15, -0.1) is 24.0 Å². The minimum atomic E-state index is -0.847. The van der Waals surface area contributed by atoms with Gasteiger partial charge in [-0.25, -0.2) is 0 Å². The zero-order valence-corrected chi connectivity index (χ0v) is 17.8. The van der Waals surface area contributed by atoms with Gasteiger partial charge in [-0.1, -0.05) is 50.1 Å². The molecule has 6 heteroatoms. The Kier molecular flexibility index (Phi) is 10.6. The molecule has 1 aliphatic rings. The maximum atomic E-state index is 12.1. The quantitative estimate of drug-likeness (QED) is 0.387. The van der Waals surface area contributed by atoms with Crippen molar-refractivity contribution in [2.24, 2.45) is 10.9 Å². The fourth-order valence-electron chi connectivity index (χ4n) is 3.07. The molecule has 0 bridgehead atoms. The average molecular weight is 463 g/mol. The van der Waals surface area contributed by atoms with Crippen LogP contribution in [0.1, 0.15) is 38.2 Å². The van der Waals surface area contributed by atoms with E-state index in [9.17, 15) is 4.21 Å². The molecule has 1 saturated carbocycles. The number of guanidine groups is 1. The molecule has 0 aromatic heterocycles. The molecule has 0 amide bonds. The molecule has 1 aliphatic carbocycles. The molecule has 3 atom stereocenters. The van der Waals surface area contributed by atoms with E-state index < -0.39 is 10.8 Å². The van der Waals surface area contributed by atoms with E-state index in [-0.39, 0.29) is 24.0 Å². The fraction of sp³-hybridized carbons (Fsp3) is 0.611. The summed E-state index contributed by atoms with van der Waals surface area (Å²) in [7, 11) is 0.947. The van der Waals surface area contributed by atoms with Gasteiger partial charge < -0.3 is 10.6 Å². The minimum Gasteiger partial charge on any atom is -0.355 e. The van der Waals surface area contributed by atoms with Crippen LogP contribution in [0.3, 0.4) is 0 Å². The molecule has 1 aromatic rings. The molecule has 1 aromatic carbocycles. The number of halogens is 1. The van der Waals surface area contributed by atoms with Gasteiger partial charge in [-0.2, -0.15) is 0 Å². The van der Waals surface area contributed by atoms with Crippen LogP contribution in [-0.4, -0.2) is 35.6 Å². The van der Waals surface area contributed by atoms with Crippen LogP contribution in [0.4, 0.5) is 0 Å². The first-order chi connectivity index (χ1) is 11.2. The topological polar surface area (TPSA) is 53.5 Å². The van der Waals surface area contributed by atoms with Crippen molar-refractivity contribution in [2.75, 3.05) is 19.3 Å². The molecule has 0 radical (unpaired) electrons. The highest BCUT2D eigenvalue weighted by Crippen LogP contribution is 2.23. The minimum absolute atomic E-state index is 0. The Labute approximate surface area is 165 Å². The van der Waals surface area contributed by atoms with E-state index in [4.69, 9.17) is 0 Å². The second kappa shape index (κ2) is 11.8. The molecular formula is C18H30IN3OS. The van der Waals surface area contributed by atoms with Crippen molar-refractivity contribution < 1.29 is 4.21 Å². The van der Waals surface area contributed by atoms with Crippen LogP contribution in [0, 0.1) is 5.92 Å². The van der Waals surface area contributed by atoms with Gasteiger partial charge in [-0.3, -0.25) is 9.20 Å². The van der Waals surface area contributed by atoms with E-state index in [1.54, 1.807) is 7.05 Å². The zero-order valence-electron chi connectivity index (χ0n) is 14.7. The molecule has 2 N–H and O–H groups in total. The lowest BCUT2D eigenvalue weighted by molar-refractivity contribution is 0.324. The van der Waals surface area contributed by atoms with E-state index in [1.807, 2.05) is 30.3 Å². The fourth-order valence-corrected chi connectivity index (χ4v) is 4.11. The lowest BCUT2D eigenvalue weighted by Gasteiger charge is -2.28. The van der Waals surface area contributed by atoms with Gasteiger partial charge in [0.15, 0.2) is 5.96 Å². The van der Waals surface area contributed by atoms with Crippen molar-refractivity contribution in [1.82, 2.24) is 10.6 Å². The van der Waals surface area contributed by atoms with Gasteiger partial charge >= 0.3 is 0 Å². The summed E-state index contributed by atoms with van der Waals surface area (Å²) in [6.07, 6.45) is 5.05. The molecule has 2 rings (SSSR count). The molecular weight excluding hydrogens is 433 g/mol. The summed E-state index contributed by atoms with van der Waals surface area (Å²) in [6, 6.07) is 10.5. The number of hydrogen-bond acceptors (Lipinski definition) is 2. The molecule has 3 unspecified atom stereocenters. The predicted octanol–water partition coefficient (Wildman–Crippen LogP) is 3.30. The molecule has 24 heavy (non-hydrogen) atoms. The summed E-state index contributed by atoms with van der Waals surface area (Å²) in [4.78, 5) is 4.28. The molecule has 4 nitrogen and oxygen atoms in total. The normalized spacial score (nSPS) is 22.3. The van der Waals surface area contributed by atoms with Gasteiger partial charge in [0.1, 0.15) is 0 Å². The van der Waals surface area contributed by atoms with Crippen LogP contribution in [0.25, 0.3) is 0 Å². The molecule has 0 spiro atoms. The van der Waals surface area contributed by atoms with Gasteiger partial charge in [0, 0.05) is 41.9 Å². The Balaban J connectivity index is 0.00000288. The maximum Gasteiger partial charge on any atom is 0.191 e. The SMILES string of the molecule is CN=C(NCCS(=O)Cc1ccccc1)NC1CCCC(C)C1.I. The Bertz CT molecular complexity index is 524. The summed E-state index contributed by atoms with van der Waals surface area (Å²) in [5.74, 6) is 2.88. The summed E-state index contributed by atoms with van der Waals surface area (Å²) in [6.45, 7) is 3.00. The second-order valence-corrected chi connectivity index (χ2v) is 7.96. The number of nitrogens with one attached hydrogen (secondary N) is 2. The number of aliphatic imine (C=N–C) groups is 1. The molecule has 136 valence electrons. The summed E-state index contributed by atoms with van der Waals surface area (Å²) in [5.41, 5.74) is 1.13. The molecule has 0 aliphatic heterocycles. The third-order valence-corrected chi connectivity index (χ3v) is 5.61. The number of benzene rings is 1. The van der Waals surface area contributed by atoms with Crippen LogP contribution >= 0.6 is 24.0 Å². The van der Waals surface area contributed by atoms with Gasteiger partial charge in [-0.05, 0) is 24.3 Å². The third kappa shape index (κ3) is 7.96. The monoisotopic (exact) mass is 463 g/mol. The van der Waals surface area contributed by atoms with E-state index in [0.29, 0.717) is 24.1 Å². The van der Waals surface area contributed by atoms with Crippen LogP contribution in [0.5, 0.6) is 0 Å². The van der Waals surface area contributed by atoms with Crippen LogP contribution in [0.2, 0.25) is 0 Å².